The summed E-state index contributed by atoms with van der Waals surface area (Å²) >= 11 is 0. The molecule has 0 aromatic heterocycles. The number of unbranched alkanes of at least 4 members (excludes halogenated alkanes) is 3. The van der Waals surface area contributed by atoms with Crippen molar-refractivity contribution in [1.82, 2.24) is 0 Å². The van der Waals surface area contributed by atoms with Gasteiger partial charge in [0.05, 0.1) is 26.2 Å². The molecule has 0 radical (unpaired) electrons. The first-order valence-electron chi connectivity index (χ1n) is 10.1. The highest BCUT2D eigenvalue weighted by Crippen LogP contribution is 2.34. The summed E-state index contributed by atoms with van der Waals surface area (Å²) in [5.74, 6) is 2.17. The molecular weight excluding hydrogens is 294 g/mol. The number of hydrogen-bond donors (Lipinski definition) is 1. The molecule has 1 rings (SSSR count). The van der Waals surface area contributed by atoms with Crippen LogP contribution in [0.2, 0.25) is 0 Å². The molecule has 0 saturated heterocycles. The van der Waals surface area contributed by atoms with Gasteiger partial charge in [0.2, 0.25) is 0 Å². The van der Waals surface area contributed by atoms with E-state index in [0.717, 1.165) is 18.8 Å². The van der Waals surface area contributed by atoms with E-state index in [1.807, 2.05) is 0 Å². The van der Waals surface area contributed by atoms with Crippen molar-refractivity contribution in [2.24, 2.45) is 0 Å². The van der Waals surface area contributed by atoms with Crippen LogP contribution in [0, 0.1) is 0 Å². The van der Waals surface area contributed by atoms with Crippen LogP contribution in [0.1, 0.15) is 90.2 Å². The Kier molecular flexibility index (Phi) is 10.1. The van der Waals surface area contributed by atoms with E-state index >= 15 is 0 Å². The zero-order chi connectivity index (χ0) is 17.9. The van der Waals surface area contributed by atoms with Crippen LogP contribution in [-0.2, 0) is 0 Å². The van der Waals surface area contributed by atoms with Crippen molar-refractivity contribution in [2.75, 3.05) is 26.2 Å². The summed E-state index contributed by atoms with van der Waals surface area (Å²) < 4.78 is 6.26. The number of hydrogen-bond acceptors (Lipinski definition) is 1. The van der Waals surface area contributed by atoms with E-state index in [-0.39, 0.29) is 0 Å². The molecule has 1 N–H and O–H groups in total. The highest BCUT2D eigenvalue weighted by Gasteiger charge is 2.14. The Balaban J connectivity index is 2.42. The zero-order valence-corrected chi connectivity index (χ0v) is 17.0. The molecule has 0 heterocycles. The van der Waals surface area contributed by atoms with Crippen LogP contribution in [0.3, 0.4) is 0 Å². The summed E-state index contributed by atoms with van der Waals surface area (Å²) in [5, 5.41) is 0. The SMILES string of the molecule is CC[NH+](CC)CCCCCCOc1c(C(C)C)cccc1C(C)C. The maximum Gasteiger partial charge on any atom is 0.126 e. The van der Waals surface area contributed by atoms with Crippen LogP contribution in [0.25, 0.3) is 0 Å². The third-order valence-corrected chi connectivity index (χ3v) is 4.99. The van der Waals surface area contributed by atoms with Crippen molar-refractivity contribution in [3.63, 3.8) is 0 Å². The summed E-state index contributed by atoms with van der Waals surface area (Å²) in [6.45, 7) is 18.2. The second kappa shape index (κ2) is 11.5. The van der Waals surface area contributed by atoms with E-state index < -0.39 is 0 Å². The van der Waals surface area contributed by atoms with Crippen LogP contribution < -0.4 is 9.64 Å². The van der Waals surface area contributed by atoms with Gasteiger partial charge in [-0.2, -0.15) is 0 Å². The molecule has 1 aromatic rings. The molecule has 2 nitrogen and oxygen atoms in total. The lowest BCUT2D eigenvalue weighted by Gasteiger charge is -2.20. The molecule has 0 spiro atoms. The first-order chi connectivity index (χ1) is 11.5. The molecule has 0 atom stereocenters. The third-order valence-electron chi connectivity index (χ3n) is 4.99. The number of rotatable bonds is 12. The molecule has 0 bridgehead atoms. The Labute approximate surface area is 150 Å². The van der Waals surface area contributed by atoms with Gasteiger partial charge in [-0.05, 0) is 62.5 Å². The molecule has 138 valence electrons. The standard InChI is InChI=1S/C22H39NO/c1-7-23(8-2)16-11-9-10-12-17-24-22-20(18(3)4)14-13-15-21(22)19(5)6/h13-15,18-19H,7-12,16-17H2,1-6H3/p+1. The van der Waals surface area contributed by atoms with Crippen LogP contribution >= 0.6 is 0 Å². The van der Waals surface area contributed by atoms with E-state index in [2.05, 4.69) is 59.7 Å². The van der Waals surface area contributed by atoms with E-state index in [1.165, 1.54) is 50.0 Å². The normalized spacial score (nSPS) is 11.7. The molecule has 0 amide bonds. The fourth-order valence-electron chi connectivity index (χ4n) is 3.26. The average molecular weight is 335 g/mol. The Morgan fingerprint density at radius 2 is 1.38 bits per heavy atom. The van der Waals surface area contributed by atoms with Crippen molar-refractivity contribution in [3.8, 4) is 5.75 Å². The smallest absolute Gasteiger partial charge is 0.126 e. The van der Waals surface area contributed by atoms with E-state index in [9.17, 15) is 0 Å². The van der Waals surface area contributed by atoms with Crippen molar-refractivity contribution in [1.29, 1.82) is 0 Å². The summed E-state index contributed by atoms with van der Waals surface area (Å²) in [6.07, 6.45) is 5.12. The second-order valence-corrected chi connectivity index (χ2v) is 7.54. The van der Waals surface area contributed by atoms with Gasteiger partial charge in [-0.15, -0.1) is 0 Å². The van der Waals surface area contributed by atoms with Gasteiger partial charge >= 0.3 is 0 Å². The quantitative estimate of drug-likeness (QED) is 0.542. The van der Waals surface area contributed by atoms with Crippen LogP contribution in [0.15, 0.2) is 18.2 Å². The van der Waals surface area contributed by atoms with E-state index in [4.69, 9.17) is 4.74 Å². The Hall–Kier alpha value is -1.02. The molecular formula is C22H40NO+. The second-order valence-electron chi connectivity index (χ2n) is 7.54. The van der Waals surface area contributed by atoms with Crippen molar-refractivity contribution in [3.05, 3.63) is 29.3 Å². The van der Waals surface area contributed by atoms with Crippen LogP contribution in [0.4, 0.5) is 0 Å². The lowest BCUT2D eigenvalue weighted by molar-refractivity contribution is -0.896. The van der Waals surface area contributed by atoms with E-state index in [1.54, 1.807) is 4.90 Å². The highest BCUT2D eigenvalue weighted by atomic mass is 16.5. The van der Waals surface area contributed by atoms with Gasteiger partial charge in [-0.3, -0.25) is 0 Å². The van der Waals surface area contributed by atoms with Gasteiger partial charge in [0, 0.05) is 0 Å². The molecule has 2 heteroatoms. The zero-order valence-electron chi connectivity index (χ0n) is 17.0. The monoisotopic (exact) mass is 334 g/mol. The maximum atomic E-state index is 6.26. The number of ether oxygens (including phenoxy) is 1. The molecule has 0 saturated carbocycles. The Morgan fingerprint density at radius 3 is 1.88 bits per heavy atom. The summed E-state index contributed by atoms with van der Waals surface area (Å²) in [7, 11) is 0. The van der Waals surface area contributed by atoms with Crippen molar-refractivity contribution < 1.29 is 9.64 Å². The molecule has 1 aromatic carbocycles. The number of quaternary nitrogens is 1. The van der Waals surface area contributed by atoms with Gasteiger partial charge in [0.15, 0.2) is 0 Å². The van der Waals surface area contributed by atoms with Crippen molar-refractivity contribution >= 4 is 0 Å². The van der Waals surface area contributed by atoms with Gasteiger partial charge in [-0.25, -0.2) is 0 Å². The summed E-state index contributed by atoms with van der Waals surface area (Å²) in [5.41, 5.74) is 2.71. The first-order valence-corrected chi connectivity index (χ1v) is 10.1. The van der Waals surface area contributed by atoms with Crippen molar-refractivity contribution in [2.45, 2.75) is 79.1 Å². The number of benzene rings is 1. The molecule has 0 aliphatic carbocycles. The minimum absolute atomic E-state index is 0.510. The minimum Gasteiger partial charge on any atom is -0.493 e. The Bertz CT molecular complexity index is 423. The maximum absolute atomic E-state index is 6.26. The minimum atomic E-state index is 0.510. The van der Waals surface area contributed by atoms with Gasteiger partial charge in [-0.1, -0.05) is 45.9 Å². The fraction of sp³-hybridized carbons (Fsp3) is 0.727. The predicted molar refractivity (Wildman–Crippen MR) is 105 cm³/mol. The molecule has 0 aliphatic heterocycles. The van der Waals surface area contributed by atoms with E-state index in [0.29, 0.717) is 11.8 Å². The van der Waals surface area contributed by atoms with Gasteiger partial charge in [0.1, 0.15) is 5.75 Å². The average Bonchev–Trinajstić information content (AvgIpc) is 2.57. The predicted octanol–water partition coefficient (Wildman–Crippen LogP) is 4.80. The molecule has 0 fully saturated rings. The summed E-state index contributed by atoms with van der Waals surface area (Å²) in [4.78, 5) is 1.72. The van der Waals surface area contributed by atoms with Gasteiger partial charge in [0.25, 0.3) is 0 Å². The largest absolute Gasteiger partial charge is 0.493 e. The third kappa shape index (κ3) is 6.84. The highest BCUT2D eigenvalue weighted by molar-refractivity contribution is 5.44. The van der Waals surface area contributed by atoms with Gasteiger partial charge < -0.3 is 9.64 Å². The lowest BCUT2D eigenvalue weighted by Crippen LogP contribution is -3.11. The summed E-state index contributed by atoms with van der Waals surface area (Å²) in [6, 6.07) is 6.62. The van der Waals surface area contributed by atoms with Crippen LogP contribution in [0.5, 0.6) is 5.75 Å². The number of nitrogens with one attached hydrogen (secondary N) is 1. The number of para-hydroxylation sites is 1. The molecule has 0 unspecified atom stereocenters. The molecule has 24 heavy (non-hydrogen) atoms. The lowest BCUT2D eigenvalue weighted by atomic mass is 9.94. The van der Waals surface area contributed by atoms with Crippen LogP contribution in [-0.4, -0.2) is 26.2 Å². The fourth-order valence-corrected chi connectivity index (χ4v) is 3.26. The molecule has 0 aliphatic rings. The topological polar surface area (TPSA) is 13.7 Å². The first kappa shape index (κ1) is 21.0. The Morgan fingerprint density at radius 1 is 0.833 bits per heavy atom.